The Kier molecular flexibility index (Phi) is 17.4. The molecule has 0 aliphatic heterocycles. The SMILES string of the molecule is CCCCCCCCCCCC.CCCCCOc1cc(N)ccc1N. The van der Waals surface area contributed by atoms with Gasteiger partial charge in [0.05, 0.1) is 12.3 Å². The van der Waals surface area contributed by atoms with Gasteiger partial charge in [0.1, 0.15) is 5.75 Å². The molecule has 0 fully saturated rings. The molecule has 0 heterocycles. The van der Waals surface area contributed by atoms with Crippen LogP contribution in [0, 0.1) is 0 Å². The predicted molar refractivity (Wildman–Crippen MR) is 118 cm³/mol. The highest BCUT2D eigenvalue weighted by molar-refractivity contribution is 5.59. The third-order valence-electron chi connectivity index (χ3n) is 4.50. The zero-order valence-electron chi connectivity index (χ0n) is 17.7. The molecule has 26 heavy (non-hydrogen) atoms. The molecular formula is C23H44N2O. The summed E-state index contributed by atoms with van der Waals surface area (Å²) in [6.45, 7) is 7.43. The van der Waals surface area contributed by atoms with Gasteiger partial charge >= 0.3 is 0 Å². The number of anilines is 2. The van der Waals surface area contributed by atoms with Crippen molar-refractivity contribution in [2.45, 2.75) is 104 Å². The zero-order valence-corrected chi connectivity index (χ0v) is 17.7. The summed E-state index contributed by atoms with van der Waals surface area (Å²) >= 11 is 0. The van der Waals surface area contributed by atoms with Crippen molar-refractivity contribution < 1.29 is 4.74 Å². The van der Waals surface area contributed by atoms with Gasteiger partial charge in [-0.1, -0.05) is 97.8 Å². The van der Waals surface area contributed by atoms with E-state index in [1.54, 1.807) is 18.2 Å². The quantitative estimate of drug-likeness (QED) is 0.268. The van der Waals surface area contributed by atoms with E-state index >= 15 is 0 Å². The molecular weight excluding hydrogens is 320 g/mol. The molecule has 0 atom stereocenters. The van der Waals surface area contributed by atoms with E-state index in [0.29, 0.717) is 23.7 Å². The summed E-state index contributed by atoms with van der Waals surface area (Å²) in [5, 5.41) is 0. The third-order valence-corrected chi connectivity index (χ3v) is 4.50. The second kappa shape index (κ2) is 18.4. The summed E-state index contributed by atoms with van der Waals surface area (Å²) < 4.78 is 5.51. The van der Waals surface area contributed by atoms with Crippen molar-refractivity contribution in [3.8, 4) is 5.75 Å². The van der Waals surface area contributed by atoms with E-state index in [0.717, 1.165) is 6.42 Å². The Bertz CT molecular complexity index is 411. The fourth-order valence-corrected chi connectivity index (χ4v) is 2.77. The van der Waals surface area contributed by atoms with Gasteiger partial charge in [-0.15, -0.1) is 0 Å². The van der Waals surface area contributed by atoms with E-state index in [-0.39, 0.29) is 0 Å². The molecule has 0 aromatic heterocycles. The lowest BCUT2D eigenvalue weighted by molar-refractivity contribution is 0.308. The highest BCUT2D eigenvalue weighted by Gasteiger charge is 2.00. The molecule has 3 heteroatoms. The number of hydrogen-bond donors (Lipinski definition) is 2. The van der Waals surface area contributed by atoms with E-state index < -0.39 is 0 Å². The molecule has 152 valence electrons. The lowest BCUT2D eigenvalue weighted by Crippen LogP contribution is -2.01. The molecule has 0 aliphatic carbocycles. The number of ether oxygens (including phenoxy) is 1. The van der Waals surface area contributed by atoms with Gasteiger partial charge in [0, 0.05) is 11.8 Å². The summed E-state index contributed by atoms with van der Waals surface area (Å²) in [4.78, 5) is 0. The standard InChI is InChI=1S/C12H26.C11H18N2O/c1-3-5-7-9-11-12-10-8-6-4-2;1-2-3-4-7-14-11-8-9(12)5-6-10(11)13/h3-12H2,1-2H3;5-6,8H,2-4,7,12-13H2,1H3. The number of benzene rings is 1. The summed E-state index contributed by atoms with van der Waals surface area (Å²) in [5.74, 6) is 0.695. The van der Waals surface area contributed by atoms with Crippen LogP contribution in [0.5, 0.6) is 5.75 Å². The molecule has 0 radical (unpaired) electrons. The van der Waals surface area contributed by atoms with Gasteiger partial charge in [-0.25, -0.2) is 0 Å². The van der Waals surface area contributed by atoms with E-state index in [2.05, 4.69) is 20.8 Å². The van der Waals surface area contributed by atoms with Crippen molar-refractivity contribution in [2.24, 2.45) is 0 Å². The van der Waals surface area contributed by atoms with E-state index in [1.807, 2.05) is 0 Å². The van der Waals surface area contributed by atoms with Gasteiger partial charge in [-0.3, -0.25) is 0 Å². The lowest BCUT2D eigenvalue weighted by atomic mass is 10.1. The van der Waals surface area contributed by atoms with Crippen molar-refractivity contribution in [3.63, 3.8) is 0 Å². The van der Waals surface area contributed by atoms with Crippen LogP contribution in [0.25, 0.3) is 0 Å². The van der Waals surface area contributed by atoms with Gasteiger partial charge in [0.2, 0.25) is 0 Å². The number of rotatable bonds is 14. The lowest BCUT2D eigenvalue weighted by Gasteiger charge is -2.08. The molecule has 3 nitrogen and oxygen atoms in total. The first kappa shape index (κ1) is 24.6. The first-order chi connectivity index (χ1) is 12.7. The second-order valence-electron chi connectivity index (χ2n) is 7.18. The zero-order chi connectivity index (χ0) is 19.5. The van der Waals surface area contributed by atoms with Crippen LogP contribution in [-0.4, -0.2) is 6.61 Å². The summed E-state index contributed by atoms with van der Waals surface area (Å²) in [7, 11) is 0. The molecule has 0 aliphatic rings. The number of nitrogens with two attached hydrogens (primary N) is 2. The maximum atomic E-state index is 5.72. The molecule has 0 unspecified atom stereocenters. The van der Waals surface area contributed by atoms with Crippen LogP contribution in [0.3, 0.4) is 0 Å². The first-order valence-electron chi connectivity index (χ1n) is 10.9. The Morgan fingerprint density at radius 1 is 0.654 bits per heavy atom. The van der Waals surface area contributed by atoms with Crippen LogP contribution in [0.1, 0.15) is 104 Å². The summed E-state index contributed by atoms with van der Waals surface area (Å²) in [5.41, 5.74) is 12.7. The van der Waals surface area contributed by atoms with E-state index in [9.17, 15) is 0 Å². The van der Waals surface area contributed by atoms with Crippen molar-refractivity contribution in [1.29, 1.82) is 0 Å². The maximum Gasteiger partial charge on any atom is 0.144 e. The Balaban J connectivity index is 0.000000488. The van der Waals surface area contributed by atoms with Crippen LogP contribution < -0.4 is 16.2 Å². The number of unbranched alkanes of at least 4 members (excludes halogenated alkanes) is 11. The topological polar surface area (TPSA) is 61.3 Å². The molecule has 0 bridgehead atoms. The maximum absolute atomic E-state index is 5.72. The fraction of sp³-hybridized carbons (Fsp3) is 0.739. The normalized spacial score (nSPS) is 10.3. The average Bonchev–Trinajstić information content (AvgIpc) is 2.64. The van der Waals surface area contributed by atoms with Gasteiger partial charge in [0.15, 0.2) is 0 Å². The fourth-order valence-electron chi connectivity index (χ4n) is 2.77. The molecule has 4 N–H and O–H groups in total. The van der Waals surface area contributed by atoms with Gasteiger partial charge in [-0.2, -0.15) is 0 Å². The molecule has 0 saturated heterocycles. The van der Waals surface area contributed by atoms with Crippen LogP contribution >= 0.6 is 0 Å². The van der Waals surface area contributed by atoms with Crippen molar-refractivity contribution >= 4 is 11.4 Å². The highest BCUT2D eigenvalue weighted by Crippen LogP contribution is 2.24. The Morgan fingerprint density at radius 2 is 1.12 bits per heavy atom. The molecule has 0 saturated carbocycles. The Labute approximate surface area is 162 Å². The van der Waals surface area contributed by atoms with Crippen LogP contribution in [0.15, 0.2) is 18.2 Å². The highest BCUT2D eigenvalue weighted by atomic mass is 16.5. The van der Waals surface area contributed by atoms with Gasteiger partial charge < -0.3 is 16.2 Å². The van der Waals surface area contributed by atoms with E-state index in [4.69, 9.17) is 16.2 Å². The minimum Gasteiger partial charge on any atom is -0.491 e. The van der Waals surface area contributed by atoms with Crippen LogP contribution in [0.2, 0.25) is 0 Å². The monoisotopic (exact) mass is 364 g/mol. The molecule has 1 aromatic carbocycles. The number of hydrogen-bond acceptors (Lipinski definition) is 3. The summed E-state index contributed by atoms with van der Waals surface area (Å²) in [6, 6.07) is 5.31. The average molecular weight is 365 g/mol. The molecule has 1 rings (SSSR count). The van der Waals surface area contributed by atoms with E-state index in [1.165, 1.54) is 77.0 Å². The van der Waals surface area contributed by atoms with Crippen molar-refractivity contribution in [1.82, 2.24) is 0 Å². The molecule has 0 amide bonds. The number of nitrogen functional groups attached to an aromatic ring is 2. The predicted octanol–water partition coefficient (Wildman–Crippen LogP) is 7.35. The smallest absolute Gasteiger partial charge is 0.144 e. The first-order valence-corrected chi connectivity index (χ1v) is 10.9. The largest absolute Gasteiger partial charge is 0.491 e. The summed E-state index contributed by atoms with van der Waals surface area (Å²) in [6.07, 6.45) is 17.9. The molecule has 0 spiro atoms. The van der Waals surface area contributed by atoms with Crippen LogP contribution in [0.4, 0.5) is 11.4 Å². The van der Waals surface area contributed by atoms with Gasteiger partial charge in [-0.05, 0) is 18.6 Å². The van der Waals surface area contributed by atoms with Crippen molar-refractivity contribution in [2.75, 3.05) is 18.1 Å². The van der Waals surface area contributed by atoms with Gasteiger partial charge in [0.25, 0.3) is 0 Å². The third kappa shape index (κ3) is 14.9. The Hall–Kier alpha value is -1.38. The second-order valence-corrected chi connectivity index (χ2v) is 7.18. The minimum atomic E-state index is 0.649. The molecule has 1 aromatic rings. The van der Waals surface area contributed by atoms with Crippen molar-refractivity contribution in [3.05, 3.63) is 18.2 Å². The minimum absolute atomic E-state index is 0.649. The Morgan fingerprint density at radius 3 is 1.62 bits per heavy atom. The van der Waals surface area contributed by atoms with Crippen LogP contribution in [-0.2, 0) is 0 Å².